The Morgan fingerprint density at radius 2 is 1.36 bits per heavy atom. The maximum Gasteiger partial charge on any atom is 0.128 e. The zero-order valence-corrected chi connectivity index (χ0v) is 10.3. The van der Waals surface area contributed by atoms with Gasteiger partial charge in [0, 0.05) is 12.4 Å². The number of hydrogen-bond acceptors (Lipinski definition) is 4. The fourth-order valence-electron chi connectivity index (χ4n) is 0.908. The Balaban J connectivity index is 2.60. The van der Waals surface area contributed by atoms with Crippen LogP contribution in [-0.2, 0) is 0 Å². The molecule has 0 aliphatic heterocycles. The molecule has 1 aromatic heterocycles. The van der Waals surface area contributed by atoms with Crippen LogP contribution < -0.4 is 0 Å². The summed E-state index contributed by atoms with van der Waals surface area (Å²) in [6, 6.07) is 0. The lowest BCUT2D eigenvalue weighted by Crippen LogP contribution is -1.90. The van der Waals surface area contributed by atoms with Crippen LogP contribution in [0.4, 0.5) is 0 Å². The van der Waals surface area contributed by atoms with Gasteiger partial charge in [-0.3, -0.25) is 0 Å². The molecule has 0 amide bonds. The summed E-state index contributed by atoms with van der Waals surface area (Å²) < 4.78 is 0. The van der Waals surface area contributed by atoms with Gasteiger partial charge in [-0.2, -0.15) is 0 Å². The topological polar surface area (TPSA) is 25.8 Å². The first-order valence-corrected chi connectivity index (χ1v) is 6.92. The van der Waals surface area contributed by atoms with E-state index in [-0.39, 0.29) is 0 Å². The minimum absolute atomic E-state index is 1.09. The van der Waals surface area contributed by atoms with Gasteiger partial charge in [-0.05, 0) is 24.3 Å². The zero-order chi connectivity index (χ0) is 10.2. The van der Waals surface area contributed by atoms with Crippen LogP contribution in [0.3, 0.4) is 0 Å². The van der Waals surface area contributed by atoms with Gasteiger partial charge in [0.2, 0.25) is 0 Å². The predicted octanol–water partition coefficient (Wildman–Crippen LogP) is 3.48. The number of aromatic nitrogens is 2. The van der Waals surface area contributed by atoms with E-state index in [1.54, 1.807) is 35.9 Å². The van der Waals surface area contributed by atoms with Crippen LogP contribution in [0.5, 0.6) is 0 Å². The molecule has 0 aliphatic carbocycles. The lowest BCUT2D eigenvalue weighted by Gasteiger charge is -2.04. The predicted molar refractivity (Wildman–Crippen MR) is 64.1 cm³/mol. The Labute approximate surface area is 94.3 Å². The van der Waals surface area contributed by atoms with Gasteiger partial charge < -0.3 is 0 Å². The molecule has 0 saturated carbocycles. The van der Waals surface area contributed by atoms with Crippen molar-refractivity contribution in [2.45, 2.75) is 36.7 Å². The molecule has 0 radical (unpaired) electrons. The van der Waals surface area contributed by atoms with Gasteiger partial charge >= 0.3 is 0 Å². The van der Waals surface area contributed by atoms with Gasteiger partial charge in [-0.15, -0.1) is 23.5 Å². The first-order valence-electron chi connectivity index (χ1n) is 4.95. The van der Waals surface area contributed by atoms with Crippen LogP contribution in [0.2, 0.25) is 0 Å². The largest absolute Gasteiger partial charge is 0.245 e. The molecule has 0 atom stereocenters. The molecule has 0 unspecified atom stereocenters. The first-order chi connectivity index (χ1) is 6.88. The Morgan fingerprint density at radius 3 is 1.71 bits per heavy atom. The summed E-state index contributed by atoms with van der Waals surface area (Å²) in [5.41, 5.74) is 0. The summed E-state index contributed by atoms with van der Waals surface area (Å²) in [7, 11) is 0. The Kier molecular flexibility index (Phi) is 6.03. The van der Waals surface area contributed by atoms with Crippen molar-refractivity contribution < 1.29 is 0 Å². The van der Waals surface area contributed by atoms with E-state index in [0.717, 1.165) is 21.6 Å². The summed E-state index contributed by atoms with van der Waals surface area (Å²) in [4.78, 5) is 8.70. The van der Waals surface area contributed by atoms with Crippen LogP contribution in [0.25, 0.3) is 0 Å². The summed E-state index contributed by atoms with van der Waals surface area (Å²) >= 11 is 3.61. The zero-order valence-electron chi connectivity index (χ0n) is 8.69. The van der Waals surface area contributed by atoms with E-state index in [2.05, 4.69) is 23.8 Å². The Morgan fingerprint density at radius 1 is 0.929 bits per heavy atom. The van der Waals surface area contributed by atoms with Gasteiger partial charge in [0.25, 0.3) is 0 Å². The third-order valence-electron chi connectivity index (χ3n) is 1.52. The smallest absolute Gasteiger partial charge is 0.128 e. The highest BCUT2D eigenvalue weighted by Gasteiger charge is 2.04. The van der Waals surface area contributed by atoms with E-state index in [4.69, 9.17) is 0 Å². The molecule has 1 aromatic rings. The lowest BCUT2D eigenvalue weighted by atomic mass is 10.6. The second-order valence-electron chi connectivity index (χ2n) is 2.86. The van der Waals surface area contributed by atoms with E-state index in [1.807, 2.05) is 0 Å². The van der Waals surface area contributed by atoms with Gasteiger partial charge in [0.05, 0.1) is 0 Å². The summed E-state index contributed by atoms with van der Waals surface area (Å²) in [6.45, 7) is 4.37. The third-order valence-corrected chi connectivity index (χ3v) is 4.02. The van der Waals surface area contributed by atoms with Crippen molar-refractivity contribution in [3.63, 3.8) is 0 Å². The maximum atomic E-state index is 4.35. The molecule has 0 bridgehead atoms. The second kappa shape index (κ2) is 7.12. The molecular weight excluding hydrogens is 212 g/mol. The molecule has 1 rings (SSSR count). The lowest BCUT2D eigenvalue weighted by molar-refractivity contribution is 0.914. The molecule has 14 heavy (non-hydrogen) atoms. The standard InChI is InChI=1S/C10H16N2S2/c1-3-7-13-9-10(14-8-4-2)12-6-5-11-9/h5-6H,3-4,7-8H2,1-2H3. The highest BCUT2D eigenvalue weighted by atomic mass is 32.2. The van der Waals surface area contributed by atoms with Crippen LogP contribution in [-0.4, -0.2) is 21.5 Å². The molecule has 4 heteroatoms. The van der Waals surface area contributed by atoms with Crippen molar-refractivity contribution in [3.05, 3.63) is 12.4 Å². The average Bonchev–Trinajstić information content (AvgIpc) is 2.24. The van der Waals surface area contributed by atoms with Gasteiger partial charge in [0.15, 0.2) is 0 Å². The number of thioether (sulfide) groups is 2. The van der Waals surface area contributed by atoms with E-state index in [0.29, 0.717) is 0 Å². The normalized spacial score (nSPS) is 10.4. The quantitative estimate of drug-likeness (QED) is 0.696. The SMILES string of the molecule is CCCSc1nccnc1SCCC. The minimum Gasteiger partial charge on any atom is -0.245 e. The monoisotopic (exact) mass is 228 g/mol. The van der Waals surface area contributed by atoms with E-state index >= 15 is 0 Å². The van der Waals surface area contributed by atoms with Crippen molar-refractivity contribution in [2.75, 3.05) is 11.5 Å². The van der Waals surface area contributed by atoms with Crippen molar-refractivity contribution in [2.24, 2.45) is 0 Å². The summed E-state index contributed by atoms with van der Waals surface area (Å²) in [5.74, 6) is 2.25. The van der Waals surface area contributed by atoms with Crippen molar-refractivity contribution in [1.82, 2.24) is 9.97 Å². The fraction of sp³-hybridized carbons (Fsp3) is 0.600. The van der Waals surface area contributed by atoms with Crippen LogP contribution in [0, 0.1) is 0 Å². The van der Waals surface area contributed by atoms with Crippen molar-refractivity contribution >= 4 is 23.5 Å². The molecule has 78 valence electrons. The average molecular weight is 228 g/mol. The highest BCUT2D eigenvalue weighted by molar-refractivity contribution is 8.02. The molecule has 0 saturated heterocycles. The van der Waals surface area contributed by atoms with E-state index in [9.17, 15) is 0 Å². The molecule has 0 aliphatic rings. The van der Waals surface area contributed by atoms with Gasteiger partial charge in [-0.25, -0.2) is 9.97 Å². The Hall–Kier alpha value is -0.220. The number of nitrogens with zero attached hydrogens (tertiary/aromatic N) is 2. The van der Waals surface area contributed by atoms with Crippen LogP contribution in [0.15, 0.2) is 22.4 Å². The number of rotatable bonds is 6. The van der Waals surface area contributed by atoms with Gasteiger partial charge in [0.1, 0.15) is 10.1 Å². The van der Waals surface area contributed by atoms with E-state index < -0.39 is 0 Å². The summed E-state index contributed by atoms with van der Waals surface area (Å²) in [6.07, 6.45) is 5.90. The van der Waals surface area contributed by atoms with E-state index in [1.165, 1.54) is 12.8 Å². The molecule has 0 fully saturated rings. The third kappa shape index (κ3) is 3.88. The van der Waals surface area contributed by atoms with Crippen molar-refractivity contribution in [3.8, 4) is 0 Å². The fourth-order valence-corrected chi connectivity index (χ4v) is 2.68. The molecule has 0 spiro atoms. The van der Waals surface area contributed by atoms with Crippen LogP contribution >= 0.6 is 23.5 Å². The van der Waals surface area contributed by atoms with Crippen LogP contribution in [0.1, 0.15) is 26.7 Å². The molecule has 0 aromatic carbocycles. The summed E-state index contributed by atoms with van der Waals surface area (Å²) in [5, 5.41) is 2.18. The highest BCUT2D eigenvalue weighted by Crippen LogP contribution is 2.27. The first kappa shape index (κ1) is 11.9. The van der Waals surface area contributed by atoms with Gasteiger partial charge in [-0.1, -0.05) is 13.8 Å². The molecular formula is C10H16N2S2. The Bertz CT molecular complexity index is 239. The minimum atomic E-state index is 1.09. The molecule has 1 heterocycles. The molecule has 2 nitrogen and oxygen atoms in total. The maximum absolute atomic E-state index is 4.35. The number of hydrogen-bond donors (Lipinski definition) is 0. The molecule has 0 N–H and O–H groups in total. The van der Waals surface area contributed by atoms with Crippen molar-refractivity contribution in [1.29, 1.82) is 0 Å². The second-order valence-corrected chi connectivity index (χ2v) is 5.03.